The van der Waals surface area contributed by atoms with Crippen LogP contribution in [-0.4, -0.2) is 34.4 Å². The summed E-state index contributed by atoms with van der Waals surface area (Å²) in [5, 5.41) is 0.505. The highest BCUT2D eigenvalue weighted by molar-refractivity contribution is 8.00. The van der Waals surface area contributed by atoms with E-state index < -0.39 is 0 Å². The number of benzene rings is 1. The van der Waals surface area contributed by atoms with E-state index in [0.717, 1.165) is 17.9 Å². The van der Waals surface area contributed by atoms with Crippen LogP contribution in [0.4, 0.5) is 0 Å². The molecule has 3 unspecified atom stereocenters. The SMILES string of the molecule is CC1SCCN(C(=O)CC(N)c2ccccc2)C1C.Cl. The van der Waals surface area contributed by atoms with Crippen molar-refractivity contribution in [2.45, 2.75) is 37.6 Å². The van der Waals surface area contributed by atoms with Gasteiger partial charge >= 0.3 is 0 Å². The highest BCUT2D eigenvalue weighted by atomic mass is 35.5. The number of hydrogen-bond acceptors (Lipinski definition) is 3. The lowest BCUT2D eigenvalue weighted by Gasteiger charge is -2.38. The zero-order valence-electron chi connectivity index (χ0n) is 12.0. The van der Waals surface area contributed by atoms with Gasteiger partial charge in [-0.3, -0.25) is 4.79 Å². The first-order chi connectivity index (χ1) is 9.09. The van der Waals surface area contributed by atoms with Crippen molar-refractivity contribution in [2.24, 2.45) is 5.73 Å². The molecular formula is C15H23ClN2OS. The van der Waals surface area contributed by atoms with Crippen LogP contribution in [0, 0.1) is 0 Å². The number of carbonyl (C=O) groups excluding carboxylic acids is 1. The lowest BCUT2D eigenvalue weighted by atomic mass is 10.0. The molecular weight excluding hydrogens is 292 g/mol. The fourth-order valence-electron chi connectivity index (χ4n) is 2.41. The van der Waals surface area contributed by atoms with Gasteiger partial charge in [-0.2, -0.15) is 11.8 Å². The Kier molecular flexibility index (Phi) is 6.86. The number of nitrogens with zero attached hydrogens (tertiary/aromatic N) is 1. The van der Waals surface area contributed by atoms with Crippen molar-refractivity contribution >= 4 is 30.1 Å². The fraction of sp³-hybridized carbons (Fsp3) is 0.533. The van der Waals surface area contributed by atoms with Crippen LogP contribution in [0.5, 0.6) is 0 Å². The minimum atomic E-state index is -0.203. The Labute approximate surface area is 131 Å². The number of rotatable bonds is 3. The van der Waals surface area contributed by atoms with Gasteiger partial charge in [-0.05, 0) is 12.5 Å². The molecule has 1 aromatic carbocycles. The number of carbonyl (C=O) groups is 1. The van der Waals surface area contributed by atoms with Crippen LogP contribution < -0.4 is 5.73 Å². The number of amides is 1. The van der Waals surface area contributed by atoms with Gasteiger partial charge in [0.05, 0.1) is 0 Å². The third-order valence-electron chi connectivity index (χ3n) is 3.83. The molecule has 3 nitrogen and oxygen atoms in total. The van der Waals surface area contributed by atoms with Crippen molar-refractivity contribution < 1.29 is 4.79 Å². The maximum Gasteiger partial charge on any atom is 0.224 e. The molecule has 5 heteroatoms. The summed E-state index contributed by atoms with van der Waals surface area (Å²) in [4.78, 5) is 14.4. The molecule has 1 amide bonds. The Bertz CT molecular complexity index is 429. The Hall–Kier alpha value is -0.710. The second kappa shape index (κ2) is 7.91. The number of thioether (sulfide) groups is 1. The number of hydrogen-bond donors (Lipinski definition) is 1. The molecule has 2 rings (SSSR count). The standard InChI is InChI=1S/C15H22N2OS.ClH/c1-11-12(2)19-9-8-17(11)15(18)10-14(16)13-6-4-3-5-7-13;/h3-7,11-12,14H,8-10,16H2,1-2H3;1H. The Morgan fingerprint density at radius 2 is 2.05 bits per heavy atom. The second-order valence-electron chi connectivity index (χ2n) is 5.12. The summed E-state index contributed by atoms with van der Waals surface area (Å²) in [7, 11) is 0. The largest absolute Gasteiger partial charge is 0.338 e. The van der Waals surface area contributed by atoms with E-state index in [4.69, 9.17) is 5.73 Å². The monoisotopic (exact) mass is 314 g/mol. The van der Waals surface area contributed by atoms with Crippen molar-refractivity contribution in [2.75, 3.05) is 12.3 Å². The molecule has 1 aliphatic rings. The van der Waals surface area contributed by atoms with Gasteiger partial charge in [-0.25, -0.2) is 0 Å². The fourth-order valence-corrected chi connectivity index (χ4v) is 3.51. The summed E-state index contributed by atoms with van der Waals surface area (Å²) in [5.74, 6) is 1.20. The third-order valence-corrected chi connectivity index (χ3v) is 5.16. The molecule has 0 spiro atoms. The highest BCUT2D eigenvalue weighted by Gasteiger charge is 2.29. The van der Waals surface area contributed by atoms with Gasteiger partial charge in [0, 0.05) is 36.1 Å². The van der Waals surface area contributed by atoms with Gasteiger partial charge in [-0.1, -0.05) is 37.3 Å². The molecule has 0 bridgehead atoms. The molecule has 1 aromatic rings. The average molecular weight is 315 g/mol. The molecule has 0 aromatic heterocycles. The van der Waals surface area contributed by atoms with Crippen LogP contribution in [0.15, 0.2) is 30.3 Å². The van der Waals surface area contributed by atoms with Gasteiger partial charge < -0.3 is 10.6 Å². The summed E-state index contributed by atoms with van der Waals surface area (Å²) in [6.07, 6.45) is 0.395. The summed E-state index contributed by atoms with van der Waals surface area (Å²) < 4.78 is 0. The molecule has 0 radical (unpaired) electrons. The van der Waals surface area contributed by atoms with Crippen molar-refractivity contribution in [1.82, 2.24) is 4.90 Å². The first-order valence-corrected chi connectivity index (χ1v) is 7.86. The summed E-state index contributed by atoms with van der Waals surface area (Å²) >= 11 is 1.94. The van der Waals surface area contributed by atoms with Crippen LogP contribution in [0.2, 0.25) is 0 Å². The second-order valence-corrected chi connectivity index (χ2v) is 6.61. The predicted octanol–water partition coefficient (Wildman–Crippen LogP) is 2.85. The highest BCUT2D eigenvalue weighted by Crippen LogP contribution is 2.26. The van der Waals surface area contributed by atoms with Gasteiger partial charge in [0.2, 0.25) is 5.91 Å². The third kappa shape index (κ3) is 4.14. The van der Waals surface area contributed by atoms with Crippen LogP contribution in [0.3, 0.4) is 0 Å². The van der Waals surface area contributed by atoms with Gasteiger partial charge in [-0.15, -0.1) is 12.4 Å². The van der Waals surface area contributed by atoms with Gasteiger partial charge in [0.1, 0.15) is 0 Å². The van der Waals surface area contributed by atoms with Crippen LogP contribution in [0.1, 0.15) is 31.9 Å². The molecule has 112 valence electrons. The quantitative estimate of drug-likeness (QED) is 0.933. The molecule has 3 atom stereocenters. The van der Waals surface area contributed by atoms with Crippen LogP contribution in [0.25, 0.3) is 0 Å². The van der Waals surface area contributed by atoms with E-state index >= 15 is 0 Å². The average Bonchev–Trinajstić information content (AvgIpc) is 2.42. The molecule has 2 N–H and O–H groups in total. The smallest absolute Gasteiger partial charge is 0.224 e. The minimum absolute atomic E-state index is 0. The Balaban J connectivity index is 0.00000200. The molecule has 1 aliphatic heterocycles. The zero-order valence-corrected chi connectivity index (χ0v) is 13.6. The molecule has 1 fully saturated rings. The summed E-state index contributed by atoms with van der Waals surface area (Å²) in [6.45, 7) is 5.16. The van der Waals surface area contributed by atoms with Crippen molar-refractivity contribution in [3.63, 3.8) is 0 Å². The minimum Gasteiger partial charge on any atom is -0.338 e. The topological polar surface area (TPSA) is 46.3 Å². The molecule has 0 saturated carbocycles. The van der Waals surface area contributed by atoms with Crippen LogP contribution >= 0.6 is 24.2 Å². The number of nitrogens with two attached hydrogens (primary N) is 1. The maximum atomic E-state index is 12.4. The number of halogens is 1. The molecule has 0 aliphatic carbocycles. The van der Waals surface area contributed by atoms with E-state index in [1.807, 2.05) is 47.0 Å². The van der Waals surface area contributed by atoms with Gasteiger partial charge in [0.15, 0.2) is 0 Å². The first kappa shape index (κ1) is 17.3. The van der Waals surface area contributed by atoms with E-state index in [1.54, 1.807) is 0 Å². The molecule has 20 heavy (non-hydrogen) atoms. The maximum absolute atomic E-state index is 12.4. The molecule has 1 saturated heterocycles. The van der Waals surface area contributed by atoms with E-state index in [0.29, 0.717) is 17.7 Å². The lowest BCUT2D eigenvalue weighted by molar-refractivity contribution is -0.133. The normalized spacial score (nSPS) is 23.9. The predicted molar refractivity (Wildman–Crippen MR) is 88.3 cm³/mol. The Morgan fingerprint density at radius 3 is 2.70 bits per heavy atom. The van der Waals surface area contributed by atoms with E-state index in [-0.39, 0.29) is 24.4 Å². The zero-order chi connectivity index (χ0) is 13.8. The van der Waals surface area contributed by atoms with E-state index in [1.165, 1.54) is 0 Å². The summed E-state index contributed by atoms with van der Waals surface area (Å²) in [5.41, 5.74) is 7.16. The van der Waals surface area contributed by atoms with Gasteiger partial charge in [0.25, 0.3) is 0 Å². The lowest BCUT2D eigenvalue weighted by Crippen LogP contribution is -2.48. The van der Waals surface area contributed by atoms with Crippen molar-refractivity contribution in [3.05, 3.63) is 35.9 Å². The Morgan fingerprint density at radius 1 is 1.40 bits per heavy atom. The van der Waals surface area contributed by atoms with Crippen LogP contribution in [-0.2, 0) is 4.79 Å². The van der Waals surface area contributed by atoms with Crippen molar-refractivity contribution in [3.8, 4) is 0 Å². The van der Waals surface area contributed by atoms with E-state index in [9.17, 15) is 4.79 Å². The van der Waals surface area contributed by atoms with Crippen molar-refractivity contribution in [1.29, 1.82) is 0 Å². The summed E-state index contributed by atoms with van der Waals surface area (Å²) in [6, 6.07) is 9.94. The van der Waals surface area contributed by atoms with E-state index in [2.05, 4.69) is 13.8 Å². The molecule has 1 heterocycles. The first-order valence-electron chi connectivity index (χ1n) is 6.81.